The first-order chi connectivity index (χ1) is 8.34. The van der Waals surface area contributed by atoms with E-state index in [0.29, 0.717) is 18.6 Å². The van der Waals surface area contributed by atoms with E-state index in [1.807, 2.05) is 6.92 Å². The Kier molecular flexibility index (Phi) is 6.05. The smallest absolute Gasteiger partial charge is 0.0869 e. The number of piperazine rings is 1. The summed E-state index contributed by atoms with van der Waals surface area (Å²) in [6.45, 7) is 13.1. The van der Waals surface area contributed by atoms with Gasteiger partial charge in [-0.05, 0) is 20.4 Å². The maximum atomic E-state index is 10.4. The molecule has 1 heterocycles. The maximum absolute atomic E-state index is 10.4. The fourth-order valence-electron chi connectivity index (χ4n) is 2.56. The molecule has 1 aliphatic rings. The lowest BCUT2D eigenvalue weighted by molar-refractivity contribution is -0.00615. The average Bonchev–Trinajstić information content (AvgIpc) is 2.29. The molecular formula is C14H31N3O. The third-order valence-electron chi connectivity index (χ3n) is 3.79. The molecule has 2 N–H and O–H groups in total. The van der Waals surface area contributed by atoms with E-state index in [1.54, 1.807) is 0 Å². The highest BCUT2D eigenvalue weighted by molar-refractivity contribution is 4.86. The number of hydrogen-bond acceptors (Lipinski definition) is 4. The van der Waals surface area contributed by atoms with Gasteiger partial charge in [0.2, 0.25) is 0 Å². The van der Waals surface area contributed by atoms with Crippen molar-refractivity contribution in [3.05, 3.63) is 0 Å². The molecule has 0 bridgehead atoms. The molecule has 1 saturated heterocycles. The lowest BCUT2D eigenvalue weighted by atomic mass is 10.0. The Labute approximate surface area is 112 Å². The van der Waals surface area contributed by atoms with Gasteiger partial charge in [0.15, 0.2) is 0 Å². The first kappa shape index (κ1) is 15.9. The van der Waals surface area contributed by atoms with Crippen LogP contribution in [0, 0.1) is 0 Å². The molecule has 0 aliphatic carbocycles. The fourth-order valence-corrected chi connectivity index (χ4v) is 2.56. The van der Waals surface area contributed by atoms with Crippen molar-refractivity contribution in [3.63, 3.8) is 0 Å². The minimum absolute atomic E-state index is 0.423. The molecule has 4 nitrogen and oxygen atoms in total. The van der Waals surface area contributed by atoms with Crippen LogP contribution in [0.2, 0.25) is 0 Å². The van der Waals surface area contributed by atoms with Crippen molar-refractivity contribution in [3.8, 4) is 0 Å². The monoisotopic (exact) mass is 257 g/mol. The zero-order chi connectivity index (χ0) is 13.8. The van der Waals surface area contributed by atoms with Gasteiger partial charge in [-0.15, -0.1) is 0 Å². The molecule has 1 fully saturated rings. The minimum Gasteiger partial charge on any atom is -0.388 e. The Morgan fingerprint density at radius 1 is 1.39 bits per heavy atom. The van der Waals surface area contributed by atoms with Crippen LogP contribution in [0.5, 0.6) is 0 Å². The van der Waals surface area contributed by atoms with Crippen LogP contribution in [-0.4, -0.2) is 72.4 Å². The molecular weight excluding hydrogens is 226 g/mol. The molecule has 0 saturated carbocycles. The molecule has 0 spiro atoms. The van der Waals surface area contributed by atoms with E-state index in [0.717, 1.165) is 26.2 Å². The second-order valence-corrected chi connectivity index (χ2v) is 6.31. The number of likely N-dealkylation sites (N-methyl/N-ethyl adjacent to an activating group) is 1. The fraction of sp³-hybridized carbons (Fsp3) is 1.00. The number of hydrogen-bond donors (Lipinski definition) is 2. The molecule has 0 radical (unpaired) electrons. The van der Waals surface area contributed by atoms with Crippen LogP contribution in [0.1, 0.15) is 34.1 Å². The summed E-state index contributed by atoms with van der Waals surface area (Å²) in [4.78, 5) is 4.83. The van der Waals surface area contributed by atoms with Gasteiger partial charge in [0.05, 0.1) is 5.60 Å². The number of rotatable bonds is 6. The Morgan fingerprint density at radius 2 is 2.06 bits per heavy atom. The van der Waals surface area contributed by atoms with Gasteiger partial charge in [0.1, 0.15) is 0 Å². The van der Waals surface area contributed by atoms with E-state index < -0.39 is 5.60 Å². The Balaban J connectivity index is 2.41. The standard InChI is InChI=1S/C14H31N3O/c1-6-13-9-17(8-7-16(13)5)11-14(4,18)10-15-12(2)3/h12-13,15,18H,6-11H2,1-5H3. The SMILES string of the molecule is CCC1CN(CC(C)(O)CNC(C)C)CCN1C. The topological polar surface area (TPSA) is 38.7 Å². The van der Waals surface area contributed by atoms with Gasteiger partial charge < -0.3 is 15.3 Å². The first-order valence-corrected chi connectivity index (χ1v) is 7.22. The summed E-state index contributed by atoms with van der Waals surface area (Å²) < 4.78 is 0. The normalized spacial score (nSPS) is 26.5. The van der Waals surface area contributed by atoms with Gasteiger partial charge >= 0.3 is 0 Å². The zero-order valence-electron chi connectivity index (χ0n) is 12.7. The van der Waals surface area contributed by atoms with Crippen LogP contribution in [0.4, 0.5) is 0 Å². The molecule has 0 aromatic carbocycles. The maximum Gasteiger partial charge on any atom is 0.0869 e. The van der Waals surface area contributed by atoms with Crippen molar-refractivity contribution in [1.82, 2.24) is 15.1 Å². The van der Waals surface area contributed by atoms with Gasteiger partial charge in [0.25, 0.3) is 0 Å². The van der Waals surface area contributed by atoms with Crippen LogP contribution in [0.15, 0.2) is 0 Å². The second-order valence-electron chi connectivity index (χ2n) is 6.31. The molecule has 2 atom stereocenters. The molecule has 2 unspecified atom stereocenters. The molecule has 0 aromatic heterocycles. The van der Waals surface area contributed by atoms with E-state index in [4.69, 9.17) is 0 Å². The molecule has 108 valence electrons. The van der Waals surface area contributed by atoms with Gasteiger partial charge in [-0.2, -0.15) is 0 Å². The van der Waals surface area contributed by atoms with Crippen molar-refractivity contribution in [2.24, 2.45) is 0 Å². The summed E-state index contributed by atoms with van der Waals surface area (Å²) in [5, 5.41) is 13.7. The lowest BCUT2D eigenvalue weighted by Gasteiger charge is -2.41. The number of nitrogens with one attached hydrogen (secondary N) is 1. The summed E-state index contributed by atoms with van der Waals surface area (Å²) in [7, 11) is 2.20. The summed E-state index contributed by atoms with van der Waals surface area (Å²) in [6.07, 6.45) is 1.18. The third kappa shape index (κ3) is 5.22. The quantitative estimate of drug-likeness (QED) is 0.737. The zero-order valence-corrected chi connectivity index (χ0v) is 12.7. The van der Waals surface area contributed by atoms with Gasteiger partial charge in [-0.3, -0.25) is 4.90 Å². The third-order valence-corrected chi connectivity index (χ3v) is 3.79. The van der Waals surface area contributed by atoms with Crippen LogP contribution < -0.4 is 5.32 Å². The van der Waals surface area contributed by atoms with E-state index in [2.05, 4.69) is 42.9 Å². The van der Waals surface area contributed by atoms with E-state index in [-0.39, 0.29) is 0 Å². The average molecular weight is 257 g/mol. The van der Waals surface area contributed by atoms with Crippen molar-refractivity contribution in [1.29, 1.82) is 0 Å². The molecule has 1 aliphatic heterocycles. The van der Waals surface area contributed by atoms with E-state index >= 15 is 0 Å². The van der Waals surface area contributed by atoms with Crippen LogP contribution in [-0.2, 0) is 0 Å². The van der Waals surface area contributed by atoms with Crippen LogP contribution >= 0.6 is 0 Å². The Morgan fingerprint density at radius 3 is 2.61 bits per heavy atom. The summed E-state index contributed by atoms with van der Waals surface area (Å²) in [6, 6.07) is 1.06. The largest absolute Gasteiger partial charge is 0.388 e. The summed E-state index contributed by atoms with van der Waals surface area (Å²) >= 11 is 0. The van der Waals surface area contributed by atoms with E-state index in [9.17, 15) is 5.11 Å². The number of β-amino-alcohol motifs (C(OH)–C–C–N with tert-alkyl or cyclic N) is 1. The number of nitrogens with zero attached hydrogens (tertiary/aromatic N) is 2. The number of aliphatic hydroxyl groups is 1. The van der Waals surface area contributed by atoms with Crippen LogP contribution in [0.3, 0.4) is 0 Å². The summed E-state index contributed by atoms with van der Waals surface area (Å²) in [5.74, 6) is 0. The molecule has 4 heteroatoms. The highest BCUT2D eigenvalue weighted by Gasteiger charge is 2.29. The molecule has 0 amide bonds. The minimum atomic E-state index is -0.640. The molecule has 18 heavy (non-hydrogen) atoms. The predicted octanol–water partition coefficient (Wildman–Crippen LogP) is 0.761. The van der Waals surface area contributed by atoms with Crippen molar-refractivity contribution in [2.75, 3.05) is 39.8 Å². The Hall–Kier alpha value is -0.160. The van der Waals surface area contributed by atoms with Crippen LogP contribution in [0.25, 0.3) is 0 Å². The lowest BCUT2D eigenvalue weighted by Crippen LogP contribution is -2.56. The van der Waals surface area contributed by atoms with Gasteiger partial charge in [-0.25, -0.2) is 0 Å². The summed E-state index contributed by atoms with van der Waals surface area (Å²) in [5.41, 5.74) is -0.640. The Bertz CT molecular complexity index is 243. The van der Waals surface area contributed by atoms with Crippen molar-refractivity contribution >= 4 is 0 Å². The van der Waals surface area contributed by atoms with Crippen molar-refractivity contribution < 1.29 is 5.11 Å². The highest BCUT2D eigenvalue weighted by atomic mass is 16.3. The first-order valence-electron chi connectivity index (χ1n) is 7.22. The van der Waals surface area contributed by atoms with Crippen molar-refractivity contribution in [2.45, 2.75) is 51.8 Å². The van der Waals surface area contributed by atoms with E-state index in [1.165, 1.54) is 6.42 Å². The predicted molar refractivity (Wildman–Crippen MR) is 76.9 cm³/mol. The van der Waals surface area contributed by atoms with Gasteiger partial charge in [0, 0.05) is 44.8 Å². The molecule has 0 aromatic rings. The van der Waals surface area contributed by atoms with Gasteiger partial charge in [-0.1, -0.05) is 20.8 Å². The molecule has 1 rings (SSSR count). The highest BCUT2D eigenvalue weighted by Crippen LogP contribution is 2.14. The second kappa shape index (κ2) is 6.85.